The third kappa shape index (κ3) is 3.38. The van der Waals surface area contributed by atoms with E-state index in [4.69, 9.17) is 4.74 Å². The number of carbonyl (C=O) groups is 1. The fraction of sp³-hybridized carbons (Fsp3) is 0.235. The van der Waals surface area contributed by atoms with Gasteiger partial charge in [-0.05, 0) is 50.2 Å². The second-order valence-corrected chi connectivity index (χ2v) is 4.89. The second-order valence-electron chi connectivity index (χ2n) is 4.89. The van der Waals surface area contributed by atoms with Crippen LogP contribution in [-0.2, 0) is 0 Å². The van der Waals surface area contributed by atoms with Gasteiger partial charge in [-0.3, -0.25) is 4.79 Å². The van der Waals surface area contributed by atoms with E-state index < -0.39 is 0 Å². The predicted molar refractivity (Wildman–Crippen MR) is 81.4 cm³/mol. The monoisotopic (exact) mass is 269 g/mol. The van der Waals surface area contributed by atoms with Crippen LogP contribution in [0.25, 0.3) is 0 Å². The number of anilines is 1. The first-order valence-corrected chi connectivity index (χ1v) is 6.68. The van der Waals surface area contributed by atoms with E-state index in [1.807, 2.05) is 56.3 Å². The van der Waals surface area contributed by atoms with Crippen LogP contribution in [-0.4, -0.2) is 19.1 Å². The fourth-order valence-corrected chi connectivity index (χ4v) is 1.91. The molecule has 0 heterocycles. The van der Waals surface area contributed by atoms with E-state index in [9.17, 15) is 4.79 Å². The Morgan fingerprint density at radius 2 is 1.60 bits per heavy atom. The Hall–Kier alpha value is -2.29. The molecule has 0 bridgehead atoms. The van der Waals surface area contributed by atoms with Crippen LogP contribution in [0.2, 0.25) is 0 Å². The van der Waals surface area contributed by atoms with Crippen molar-refractivity contribution in [3.8, 4) is 5.75 Å². The number of hydrogen-bond donors (Lipinski definition) is 0. The summed E-state index contributed by atoms with van der Waals surface area (Å²) in [6, 6.07) is 16.8. The standard InChI is InChI=1S/C17H19NO2/c1-13(2)20-16-11-9-14(10-12-16)17(19)18(3)15-7-5-4-6-8-15/h4-13H,1-3H3. The molecule has 0 fully saturated rings. The van der Waals surface area contributed by atoms with Gasteiger partial charge in [0.15, 0.2) is 0 Å². The van der Waals surface area contributed by atoms with Gasteiger partial charge in [0.2, 0.25) is 0 Å². The molecule has 0 aliphatic rings. The Balaban J connectivity index is 2.13. The van der Waals surface area contributed by atoms with Gasteiger partial charge >= 0.3 is 0 Å². The first-order valence-electron chi connectivity index (χ1n) is 6.68. The van der Waals surface area contributed by atoms with E-state index >= 15 is 0 Å². The fourth-order valence-electron chi connectivity index (χ4n) is 1.91. The first-order chi connectivity index (χ1) is 9.58. The van der Waals surface area contributed by atoms with Gasteiger partial charge in [-0.15, -0.1) is 0 Å². The van der Waals surface area contributed by atoms with Gasteiger partial charge in [0.1, 0.15) is 5.75 Å². The lowest BCUT2D eigenvalue weighted by molar-refractivity contribution is 0.0993. The van der Waals surface area contributed by atoms with Crippen molar-refractivity contribution in [2.75, 3.05) is 11.9 Å². The highest BCUT2D eigenvalue weighted by Crippen LogP contribution is 2.18. The minimum atomic E-state index is -0.0349. The van der Waals surface area contributed by atoms with Crippen LogP contribution in [0, 0.1) is 0 Å². The van der Waals surface area contributed by atoms with Crippen LogP contribution in [0.15, 0.2) is 54.6 Å². The van der Waals surface area contributed by atoms with Crippen molar-refractivity contribution in [1.82, 2.24) is 0 Å². The Bertz CT molecular complexity index is 561. The lowest BCUT2D eigenvalue weighted by atomic mass is 10.2. The number of amides is 1. The summed E-state index contributed by atoms with van der Waals surface area (Å²) in [4.78, 5) is 14.0. The molecule has 0 saturated heterocycles. The molecule has 0 aliphatic carbocycles. The van der Waals surface area contributed by atoms with Gasteiger partial charge in [0, 0.05) is 18.3 Å². The highest BCUT2D eigenvalue weighted by atomic mass is 16.5. The van der Waals surface area contributed by atoms with Gasteiger partial charge in [-0.25, -0.2) is 0 Å². The quantitative estimate of drug-likeness (QED) is 0.846. The highest BCUT2D eigenvalue weighted by Gasteiger charge is 2.13. The molecular weight excluding hydrogens is 250 g/mol. The average Bonchev–Trinajstić information content (AvgIpc) is 2.47. The van der Waals surface area contributed by atoms with Crippen molar-refractivity contribution in [1.29, 1.82) is 0 Å². The molecule has 1 amide bonds. The average molecular weight is 269 g/mol. The maximum absolute atomic E-state index is 12.4. The summed E-state index contributed by atoms with van der Waals surface area (Å²) in [6.45, 7) is 3.95. The summed E-state index contributed by atoms with van der Waals surface area (Å²) >= 11 is 0. The smallest absolute Gasteiger partial charge is 0.258 e. The molecule has 0 spiro atoms. The molecule has 0 aliphatic heterocycles. The summed E-state index contributed by atoms with van der Waals surface area (Å²) < 4.78 is 5.57. The lowest BCUT2D eigenvalue weighted by Crippen LogP contribution is -2.26. The van der Waals surface area contributed by atoms with Crippen LogP contribution >= 0.6 is 0 Å². The maximum Gasteiger partial charge on any atom is 0.258 e. The zero-order valence-electron chi connectivity index (χ0n) is 12.0. The molecule has 0 radical (unpaired) electrons. The summed E-state index contributed by atoms with van der Waals surface area (Å²) in [5.74, 6) is 0.742. The Morgan fingerprint density at radius 1 is 1.00 bits per heavy atom. The summed E-state index contributed by atoms with van der Waals surface area (Å²) in [5, 5.41) is 0. The first kappa shape index (κ1) is 14.1. The molecule has 0 aromatic heterocycles. The van der Waals surface area contributed by atoms with E-state index in [2.05, 4.69) is 0 Å². The van der Waals surface area contributed by atoms with Gasteiger partial charge < -0.3 is 9.64 Å². The molecule has 2 aromatic carbocycles. The number of ether oxygens (including phenoxy) is 1. The molecule has 3 nitrogen and oxygen atoms in total. The molecule has 0 atom stereocenters. The molecule has 104 valence electrons. The second kappa shape index (κ2) is 6.24. The summed E-state index contributed by atoms with van der Waals surface area (Å²) in [5.41, 5.74) is 1.52. The van der Waals surface area contributed by atoms with Crippen LogP contribution in [0.1, 0.15) is 24.2 Å². The number of para-hydroxylation sites is 1. The Labute approximate surface area is 119 Å². The van der Waals surface area contributed by atoms with Crippen molar-refractivity contribution >= 4 is 11.6 Å². The van der Waals surface area contributed by atoms with Crippen molar-refractivity contribution in [2.45, 2.75) is 20.0 Å². The number of benzene rings is 2. The lowest BCUT2D eigenvalue weighted by Gasteiger charge is -2.17. The molecule has 2 rings (SSSR count). The van der Waals surface area contributed by atoms with Crippen LogP contribution < -0.4 is 9.64 Å². The number of rotatable bonds is 4. The van der Waals surface area contributed by atoms with Crippen LogP contribution in [0.4, 0.5) is 5.69 Å². The van der Waals surface area contributed by atoms with Crippen molar-refractivity contribution < 1.29 is 9.53 Å². The van der Waals surface area contributed by atoms with Crippen LogP contribution in [0.3, 0.4) is 0 Å². The minimum absolute atomic E-state index is 0.0349. The number of hydrogen-bond acceptors (Lipinski definition) is 2. The molecule has 3 heteroatoms. The van der Waals surface area contributed by atoms with Crippen molar-refractivity contribution in [3.63, 3.8) is 0 Å². The van der Waals surface area contributed by atoms with Crippen molar-refractivity contribution in [3.05, 3.63) is 60.2 Å². The Morgan fingerprint density at radius 3 is 2.15 bits per heavy atom. The molecular formula is C17H19NO2. The van der Waals surface area contributed by atoms with Crippen LogP contribution in [0.5, 0.6) is 5.75 Å². The molecule has 0 saturated carbocycles. The molecule has 2 aromatic rings. The van der Waals surface area contributed by atoms with E-state index in [1.54, 1.807) is 24.1 Å². The number of nitrogens with zero attached hydrogens (tertiary/aromatic N) is 1. The van der Waals surface area contributed by atoms with E-state index in [0.717, 1.165) is 11.4 Å². The van der Waals surface area contributed by atoms with Gasteiger partial charge in [-0.1, -0.05) is 18.2 Å². The molecule has 0 unspecified atom stereocenters. The highest BCUT2D eigenvalue weighted by molar-refractivity contribution is 6.05. The van der Waals surface area contributed by atoms with Gasteiger partial charge in [-0.2, -0.15) is 0 Å². The largest absolute Gasteiger partial charge is 0.491 e. The normalized spacial score (nSPS) is 10.4. The third-order valence-electron chi connectivity index (χ3n) is 2.92. The van der Waals surface area contributed by atoms with Gasteiger partial charge in [0.05, 0.1) is 6.10 Å². The predicted octanol–water partition coefficient (Wildman–Crippen LogP) is 3.75. The zero-order valence-corrected chi connectivity index (χ0v) is 12.0. The maximum atomic E-state index is 12.4. The molecule has 20 heavy (non-hydrogen) atoms. The van der Waals surface area contributed by atoms with Crippen molar-refractivity contribution in [2.24, 2.45) is 0 Å². The summed E-state index contributed by atoms with van der Waals surface area (Å²) in [7, 11) is 1.77. The SMILES string of the molecule is CC(C)Oc1ccc(C(=O)N(C)c2ccccc2)cc1. The zero-order chi connectivity index (χ0) is 14.5. The Kier molecular flexibility index (Phi) is 4.41. The van der Waals surface area contributed by atoms with E-state index in [0.29, 0.717) is 5.56 Å². The third-order valence-corrected chi connectivity index (χ3v) is 2.92. The number of carbonyl (C=O) groups excluding carboxylic acids is 1. The topological polar surface area (TPSA) is 29.5 Å². The van der Waals surface area contributed by atoms with E-state index in [-0.39, 0.29) is 12.0 Å². The summed E-state index contributed by atoms with van der Waals surface area (Å²) in [6.07, 6.45) is 0.128. The van der Waals surface area contributed by atoms with Gasteiger partial charge in [0.25, 0.3) is 5.91 Å². The van der Waals surface area contributed by atoms with E-state index in [1.165, 1.54) is 0 Å². The molecule has 0 N–H and O–H groups in total. The minimum Gasteiger partial charge on any atom is -0.491 e.